The molecule has 0 radical (unpaired) electrons. The van der Waals surface area contributed by atoms with Crippen molar-refractivity contribution < 1.29 is 0 Å². The van der Waals surface area contributed by atoms with Crippen LogP contribution in [0.4, 0.5) is 22.7 Å². The zero-order chi connectivity index (χ0) is 49.2. The predicted octanol–water partition coefficient (Wildman–Crippen LogP) is 15.7. The summed E-state index contributed by atoms with van der Waals surface area (Å²) in [5.41, 5.74) is 18.6. The van der Waals surface area contributed by atoms with Crippen molar-refractivity contribution in [3.05, 3.63) is 300 Å². The summed E-state index contributed by atoms with van der Waals surface area (Å²) in [5.74, 6) is 0. The highest BCUT2D eigenvalue weighted by Gasteiger charge is 2.59. The normalized spacial score (nSPS) is 20.5. The largest absolute Gasteiger partial charge is 0.421 e. The van der Waals surface area contributed by atoms with E-state index in [0.29, 0.717) is 0 Å². The van der Waals surface area contributed by atoms with E-state index >= 15 is 0 Å². The summed E-state index contributed by atoms with van der Waals surface area (Å²) < 4.78 is 8.34. The molecule has 3 atom stereocenters. The molecule has 6 heteroatoms. The van der Waals surface area contributed by atoms with Crippen LogP contribution < -0.4 is 14.6 Å². The number of anilines is 4. The van der Waals surface area contributed by atoms with Crippen molar-refractivity contribution in [3.8, 4) is 0 Å². The van der Waals surface area contributed by atoms with Gasteiger partial charge >= 0.3 is 6.98 Å². The molecule has 0 saturated heterocycles. The van der Waals surface area contributed by atoms with E-state index in [-0.39, 0.29) is 12.4 Å². The Morgan fingerprint density at radius 3 is 1.81 bits per heavy atom. The quantitative estimate of drug-likeness (QED) is 0.140. The summed E-state index contributed by atoms with van der Waals surface area (Å²) in [6.07, 6.45) is 10.2. The van der Waals surface area contributed by atoms with Crippen LogP contribution in [0, 0.1) is 17.5 Å². The summed E-state index contributed by atoms with van der Waals surface area (Å²) in [6, 6.07) is 92.3. The maximum Gasteiger partial charge on any atom is 0.421 e. The first kappa shape index (κ1) is 41.6. The van der Waals surface area contributed by atoms with Crippen LogP contribution in [0.3, 0.4) is 0 Å². The molecule has 17 rings (SSSR count). The fourth-order valence-electron chi connectivity index (χ4n) is 15.2. The standard InChI is InChI=1S/C69H47BN4S/c1-67(44-24-5-25-45-67)69(48-30-10-4-11-31-48)51-34-14-18-38-55(51)70-71-56-39-19-12-32-49(56)61-63(71)64(72(70)58-41-21-16-36-53(58)69)62-50-33-13-20-40-57(50)73-65(62)66(61)74-59-42-22-15-35-52(59)68(46-26-6-2-7-27-46,47-28-8-3-9-29-47)54-37-17-23-43-60(54)75(73)74/h2-15,17-20,22-44,75H,45H2,1H3/t67-,69?/m0/s1. The number of aromatic nitrogens is 2. The van der Waals surface area contributed by atoms with Gasteiger partial charge in [0.15, 0.2) is 0 Å². The number of allylic oxidation sites excluding steroid dienone is 4. The Balaban J connectivity index is 1.07. The molecule has 5 aliphatic rings. The highest BCUT2D eigenvalue weighted by molar-refractivity contribution is 8.17. The van der Waals surface area contributed by atoms with Gasteiger partial charge in [0.1, 0.15) is 0 Å². The maximum atomic E-state index is 3.58. The lowest BCUT2D eigenvalue weighted by Gasteiger charge is -2.50. The van der Waals surface area contributed by atoms with Crippen molar-refractivity contribution in [2.75, 3.05) is 9.12 Å². The minimum atomic E-state index is -1.29. The van der Waals surface area contributed by atoms with Crippen LogP contribution in [0.2, 0.25) is 0 Å². The van der Waals surface area contributed by atoms with E-state index in [4.69, 9.17) is 0 Å². The first-order valence-corrected chi connectivity index (χ1v) is 27.5. The van der Waals surface area contributed by atoms with Gasteiger partial charge in [-0.15, -0.1) is 0 Å². The predicted molar refractivity (Wildman–Crippen MR) is 313 cm³/mol. The Labute approximate surface area is 439 Å². The average Bonchev–Trinajstić information content (AvgIpc) is 4.34. The molecular weight excluding hydrogens is 928 g/mol. The van der Waals surface area contributed by atoms with E-state index in [1.807, 2.05) is 0 Å². The molecule has 2 aromatic heterocycles. The van der Waals surface area contributed by atoms with Gasteiger partial charge in [-0.1, -0.05) is 243 Å². The number of thiol groups is 1. The molecule has 10 aromatic carbocycles. The molecule has 352 valence electrons. The number of benzene rings is 9. The molecule has 12 aromatic rings. The number of hydrogen-bond donors (Lipinski definition) is 1. The highest BCUT2D eigenvalue weighted by Crippen LogP contribution is 2.71. The first-order chi connectivity index (χ1) is 37.2. The second-order valence-electron chi connectivity index (χ2n) is 21.2. The van der Waals surface area contributed by atoms with Crippen molar-refractivity contribution in [1.29, 1.82) is 0 Å². The average molecular weight is 975 g/mol. The molecule has 1 aliphatic carbocycles. The molecule has 0 fully saturated rings. The maximum absolute atomic E-state index is 3.58. The second-order valence-corrected chi connectivity index (χ2v) is 23.1. The van der Waals surface area contributed by atoms with Crippen LogP contribution in [-0.2, 0) is 10.8 Å². The van der Waals surface area contributed by atoms with Gasteiger partial charge in [-0.3, -0.25) is 8.28 Å². The van der Waals surface area contributed by atoms with Gasteiger partial charge in [0.25, 0.3) is 0 Å². The summed E-state index contributed by atoms with van der Waals surface area (Å²) >= 11 is -1.29. The third kappa shape index (κ3) is 4.90. The first-order valence-electron chi connectivity index (χ1n) is 26.3. The zero-order valence-corrected chi connectivity index (χ0v) is 42.1. The van der Waals surface area contributed by atoms with E-state index in [9.17, 15) is 0 Å². The Bertz CT molecular complexity index is 4420. The van der Waals surface area contributed by atoms with Gasteiger partial charge in [0.2, 0.25) is 0 Å². The smallest absolute Gasteiger partial charge is 0.359 e. The Hall–Kier alpha value is -8.89. The molecule has 75 heavy (non-hydrogen) atoms. The third-order valence-corrected chi connectivity index (χ3v) is 20.3. The summed E-state index contributed by atoms with van der Waals surface area (Å²) in [5, 5.41) is 5.12. The lowest BCUT2D eigenvalue weighted by atomic mass is 9.50. The van der Waals surface area contributed by atoms with Crippen molar-refractivity contribution in [1.82, 2.24) is 8.45 Å². The fourth-order valence-corrected chi connectivity index (χ4v) is 18.0. The number of nitrogens with zero attached hydrogens (tertiary/aromatic N) is 4. The number of para-hydroxylation sites is 3. The van der Waals surface area contributed by atoms with Gasteiger partial charge in [-0.25, -0.2) is 0 Å². The minimum absolute atomic E-state index is 0.229. The van der Waals surface area contributed by atoms with Crippen LogP contribution in [0.25, 0.3) is 43.6 Å². The molecule has 4 aliphatic heterocycles. The molecule has 0 saturated carbocycles. The molecule has 0 N–H and O–H groups in total. The molecule has 0 bridgehead atoms. The zero-order valence-electron chi connectivity index (χ0n) is 41.2. The van der Waals surface area contributed by atoms with Gasteiger partial charge < -0.3 is 9.29 Å². The van der Waals surface area contributed by atoms with E-state index in [2.05, 4.69) is 285 Å². The lowest BCUT2D eigenvalue weighted by molar-refractivity contribution is 0.289. The van der Waals surface area contributed by atoms with Crippen LogP contribution in [0.5, 0.6) is 0 Å². The number of fused-ring (bicyclic) bond motifs is 22. The Morgan fingerprint density at radius 1 is 0.493 bits per heavy atom. The van der Waals surface area contributed by atoms with Crippen LogP contribution in [0.15, 0.2) is 254 Å². The van der Waals surface area contributed by atoms with Crippen molar-refractivity contribution in [3.63, 3.8) is 0 Å². The van der Waals surface area contributed by atoms with Crippen LogP contribution in [-0.4, -0.2) is 15.4 Å². The SMILES string of the molecule is C[C@]1(C2(c3ccccc3)c3ccccc3B3N(c4cc#ccc42)c2c4c5ccccc5n5c4c(c4c6ccccc6n3c24)N2c3ccccc3C(c3ccccc3)(c3ccccc3)c3ccccc3[SH]25)C=CC=CC1. The van der Waals surface area contributed by atoms with Gasteiger partial charge in [0, 0.05) is 49.1 Å². The summed E-state index contributed by atoms with van der Waals surface area (Å²) in [6.45, 7) is 2.25. The fraction of sp³-hybridized carbons (Fsp3) is 0.0725. The van der Waals surface area contributed by atoms with Crippen molar-refractivity contribution in [2.45, 2.75) is 29.1 Å². The number of rotatable bonds is 4. The molecule has 2 unspecified atom stereocenters. The third-order valence-electron chi connectivity index (χ3n) is 17.9. The molecule has 0 spiro atoms. The lowest BCUT2D eigenvalue weighted by Crippen LogP contribution is -2.52. The van der Waals surface area contributed by atoms with E-state index in [1.54, 1.807) is 0 Å². The van der Waals surface area contributed by atoms with Gasteiger partial charge in [-0.2, -0.15) is 0 Å². The second kappa shape index (κ2) is 14.9. The van der Waals surface area contributed by atoms with Crippen molar-refractivity contribution in [2.24, 2.45) is 5.41 Å². The van der Waals surface area contributed by atoms with E-state index in [0.717, 1.165) is 12.1 Å². The van der Waals surface area contributed by atoms with Crippen LogP contribution in [0.1, 0.15) is 52.3 Å². The van der Waals surface area contributed by atoms with Crippen LogP contribution >= 0.6 is 11.3 Å². The molecular formula is C69H47BN4S. The van der Waals surface area contributed by atoms with Gasteiger partial charge in [0.05, 0.1) is 44.4 Å². The van der Waals surface area contributed by atoms with E-state index in [1.165, 1.54) is 110 Å². The number of hydrogen-bond acceptors (Lipinski definition) is 2. The molecule has 0 amide bonds. The monoisotopic (exact) mass is 974 g/mol. The van der Waals surface area contributed by atoms with Gasteiger partial charge in [-0.05, 0) is 81.2 Å². The highest BCUT2D eigenvalue weighted by atomic mass is 32.2. The molecule has 6 heterocycles. The summed E-state index contributed by atoms with van der Waals surface area (Å²) in [7, 11) is 0. The van der Waals surface area contributed by atoms with Crippen molar-refractivity contribution >= 4 is 90.1 Å². The Morgan fingerprint density at radius 2 is 1.08 bits per heavy atom. The summed E-state index contributed by atoms with van der Waals surface area (Å²) in [4.78, 5) is 4.09. The molecule has 4 nitrogen and oxygen atoms in total. The topological polar surface area (TPSA) is 16.3 Å². The minimum Gasteiger partial charge on any atom is -0.359 e. The van der Waals surface area contributed by atoms with E-state index < -0.39 is 22.1 Å². The Kier molecular flexibility index (Phi) is 8.25.